The second-order valence-corrected chi connectivity index (χ2v) is 7.40. The third-order valence-corrected chi connectivity index (χ3v) is 5.27. The molecular formula is C22H25N5O2. The highest BCUT2D eigenvalue weighted by atomic mass is 16.5. The van der Waals surface area contributed by atoms with Crippen LogP contribution in [-0.2, 0) is 11.2 Å². The average molecular weight is 391 g/mol. The molecule has 7 nitrogen and oxygen atoms in total. The number of piperazine rings is 1. The molecule has 1 aliphatic rings. The molecule has 2 heterocycles. The maximum Gasteiger partial charge on any atom is 0.267 e. The van der Waals surface area contributed by atoms with Crippen LogP contribution in [0.4, 0.5) is 5.69 Å². The molecule has 0 spiro atoms. The van der Waals surface area contributed by atoms with Crippen LogP contribution in [0.5, 0.6) is 0 Å². The van der Waals surface area contributed by atoms with Gasteiger partial charge in [-0.05, 0) is 42.4 Å². The van der Waals surface area contributed by atoms with Gasteiger partial charge in [-0.3, -0.25) is 10.0 Å². The predicted molar refractivity (Wildman–Crippen MR) is 114 cm³/mol. The van der Waals surface area contributed by atoms with Crippen molar-refractivity contribution in [3.63, 3.8) is 0 Å². The zero-order valence-electron chi connectivity index (χ0n) is 16.4. The molecule has 7 heteroatoms. The van der Waals surface area contributed by atoms with Gasteiger partial charge in [0.1, 0.15) is 5.82 Å². The van der Waals surface area contributed by atoms with Crippen molar-refractivity contribution in [1.82, 2.24) is 20.3 Å². The fraction of sp³-hybridized carbons (Fsp3) is 0.273. The summed E-state index contributed by atoms with van der Waals surface area (Å²) in [6, 6.07) is 14.3. The van der Waals surface area contributed by atoms with Crippen LogP contribution in [0.2, 0.25) is 0 Å². The molecule has 3 aromatic rings. The Kier molecular flexibility index (Phi) is 5.59. The highest BCUT2D eigenvalue weighted by Gasteiger charge is 2.15. The summed E-state index contributed by atoms with van der Waals surface area (Å²) in [4.78, 5) is 24.0. The van der Waals surface area contributed by atoms with E-state index in [4.69, 9.17) is 10.2 Å². The van der Waals surface area contributed by atoms with Crippen LogP contribution in [0.15, 0.2) is 48.5 Å². The number of hydrogen-bond donors (Lipinski definition) is 3. The lowest BCUT2D eigenvalue weighted by molar-refractivity contribution is -0.124. The molecular weight excluding hydrogens is 366 g/mol. The Balaban J connectivity index is 1.45. The summed E-state index contributed by atoms with van der Waals surface area (Å²) >= 11 is 0. The molecule has 0 unspecified atom stereocenters. The normalized spacial score (nSPS) is 15.3. The van der Waals surface area contributed by atoms with Crippen molar-refractivity contribution in [3.8, 4) is 0 Å². The van der Waals surface area contributed by atoms with E-state index in [-0.39, 0.29) is 0 Å². The summed E-state index contributed by atoms with van der Waals surface area (Å²) in [5.74, 6) is 0.380. The number of nitrogens with one attached hydrogen (secondary N) is 2. The molecule has 0 atom stereocenters. The van der Waals surface area contributed by atoms with Gasteiger partial charge in [-0.15, -0.1) is 0 Å². The number of carbonyl (C=O) groups excluding carboxylic acids is 1. The highest BCUT2D eigenvalue weighted by molar-refractivity contribution is 5.90. The van der Waals surface area contributed by atoms with Gasteiger partial charge in [-0.1, -0.05) is 24.3 Å². The van der Waals surface area contributed by atoms with Crippen molar-refractivity contribution >= 4 is 28.7 Å². The highest BCUT2D eigenvalue weighted by Crippen LogP contribution is 2.22. The minimum absolute atomic E-state index is 0.549. The number of likely N-dealkylation sites (N-methyl/N-ethyl adjacent to an activating group) is 1. The smallest absolute Gasteiger partial charge is 0.267 e. The number of rotatable bonds is 5. The second-order valence-electron chi connectivity index (χ2n) is 7.40. The Morgan fingerprint density at radius 2 is 1.93 bits per heavy atom. The summed E-state index contributed by atoms with van der Waals surface area (Å²) in [7, 11) is 2.16. The van der Waals surface area contributed by atoms with Crippen molar-refractivity contribution in [2.45, 2.75) is 6.42 Å². The van der Waals surface area contributed by atoms with E-state index in [1.165, 1.54) is 11.8 Å². The molecule has 0 bridgehead atoms. The minimum Gasteiger partial charge on any atom is -0.369 e. The first-order valence-electron chi connectivity index (χ1n) is 9.74. The summed E-state index contributed by atoms with van der Waals surface area (Å²) in [5.41, 5.74) is 6.87. The summed E-state index contributed by atoms with van der Waals surface area (Å²) < 4.78 is 0. The lowest BCUT2D eigenvalue weighted by Gasteiger charge is -2.34. The molecule has 1 fully saturated rings. The Labute approximate surface area is 169 Å². The SMILES string of the molecule is CN1CCN(c2ccc3nc(Cc4ccc(/C=C/C(=O)NO)cc4)[nH]c3c2)CC1. The zero-order chi connectivity index (χ0) is 20.2. The predicted octanol–water partition coefficient (Wildman–Crippen LogP) is 2.42. The van der Waals surface area contributed by atoms with Gasteiger partial charge >= 0.3 is 0 Å². The van der Waals surface area contributed by atoms with Gasteiger partial charge in [0.15, 0.2) is 0 Å². The monoisotopic (exact) mass is 391 g/mol. The fourth-order valence-corrected chi connectivity index (χ4v) is 3.54. The lowest BCUT2D eigenvalue weighted by atomic mass is 10.1. The summed E-state index contributed by atoms with van der Waals surface area (Å²) in [6.45, 7) is 4.26. The van der Waals surface area contributed by atoms with Gasteiger partial charge in [0.05, 0.1) is 11.0 Å². The quantitative estimate of drug-likeness (QED) is 0.353. The van der Waals surface area contributed by atoms with Gasteiger partial charge < -0.3 is 14.8 Å². The minimum atomic E-state index is -0.549. The molecule has 1 aromatic heterocycles. The van der Waals surface area contributed by atoms with E-state index in [1.54, 1.807) is 11.6 Å². The number of amides is 1. The van der Waals surface area contributed by atoms with E-state index >= 15 is 0 Å². The van der Waals surface area contributed by atoms with Crippen molar-refractivity contribution in [1.29, 1.82) is 0 Å². The Morgan fingerprint density at radius 1 is 1.17 bits per heavy atom. The fourth-order valence-electron chi connectivity index (χ4n) is 3.54. The number of aromatic nitrogens is 2. The molecule has 150 valence electrons. The van der Waals surface area contributed by atoms with Crippen LogP contribution in [0.3, 0.4) is 0 Å². The maximum atomic E-state index is 11.1. The first-order valence-corrected chi connectivity index (χ1v) is 9.74. The molecule has 1 saturated heterocycles. The van der Waals surface area contributed by atoms with Crippen molar-refractivity contribution in [2.24, 2.45) is 0 Å². The Hall–Kier alpha value is -3.16. The zero-order valence-corrected chi connectivity index (χ0v) is 16.4. The third kappa shape index (κ3) is 4.64. The molecule has 2 aromatic carbocycles. The Morgan fingerprint density at radius 3 is 2.66 bits per heavy atom. The third-order valence-electron chi connectivity index (χ3n) is 5.27. The van der Waals surface area contributed by atoms with Gasteiger partial charge in [0, 0.05) is 44.4 Å². The molecule has 1 aliphatic heterocycles. The number of anilines is 1. The number of fused-ring (bicyclic) bond motifs is 1. The summed E-state index contributed by atoms with van der Waals surface area (Å²) in [6.07, 6.45) is 3.64. The molecule has 4 rings (SSSR count). The second kappa shape index (κ2) is 8.46. The van der Waals surface area contributed by atoms with Crippen LogP contribution >= 0.6 is 0 Å². The molecule has 1 amide bonds. The van der Waals surface area contributed by atoms with Crippen molar-refractivity contribution in [2.75, 3.05) is 38.1 Å². The largest absolute Gasteiger partial charge is 0.369 e. The first kappa shape index (κ1) is 19.2. The van der Waals surface area contributed by atoms with Crippen molar-refractivity contribution < 1.29 is 10.0 Å². The molecule has 3 N–H and O–H groups in total. The molecule has 0 aliphatic carbocycles. The van der Waals surface area contributed by atoms with Gasteiger partial charge in [0.2, 0.25) is 0 Å². The van der Waals surface area contributed by atoms with E-state index < -0.39 is 5.91 Å². The number of aromatic amines is 1. The number of hydroxylamine groups is 1. The van der Waals surface area contributed by atoms with Gasteiger partial charge in [-0.2, -0.15) is 0 Å². The van der Waals surface area contributed by atoms with Crippen LogP contribution in [0.25, 0.3) is 17.1 Å². The molecule has 0 radical (unpaired) electrons. The van der Waals surface area contributed by atoms with Crippen molar-refractivity contribution in [3.05, 3.63) is 65.5 Å². The van der Waals surface area contributed by atoms with E-state index in [0.29, 0.717) is 6.42 Å². The number of carbonyl (C=O) groups is 1. The number of imidazole rings is 1. The number of nitrogens with zero attached hydrogens (tertiary/aromatic N) is 3. The van der Waals surface area contributed by atoms with Gasteiger partial charge in [-0.25, -0.2) is 10.5 Å². The van der Waals surface area contributed by atoms with Gasteiger partial charge in [0.25, 0.3) is 5.91 Å². The van der Waals surface area contributed by atoms with Crippen LogP contribution in [0.1, 0.15) is 17.0 Å². The average Bonchev–Trinajstić information content (AvgIpc) is 3.15. The Bertz CT molecular complexity index is 1020. The number of hydrogen-bond acceptors (Lipinski definition) is 5. The summed E-state index contributed by atoms with van der Waals surface area (Å²) in [5, 5.41) is 8.52. The number of H-pyrrole nitrogens is 1. The van der Waals surface area contributed by atoms with Crippen LogP contribution in [0, 0.1) is 0 Å². The van der Waals surface area contributed by atoms with E-state index in [9.17, 15) is 4.79 Å². The number of benzene rings is 2. The van der Waals surface area contributed by atoms with Crippen LogP contribution in [-0.4, -0.2) is 59.2 Å². The van der Waals surface area contributed by atoms with E-state index in [0.717, 1.165) is 54.2 Å². The first-order chi connectivity index (χ1) is 14.1. The molecule has 0 saturated carbocycles. The molecule has 29 heavy (non-hydrogen) atoms. The van der Waals surface area contributed by atoms with Crippen LogP contribution < -0.4 is 10.4 Å². The maximum absolute atomic E-state index is 11.1. The topological polar surface area (TPSA) is 84.5 Å². The standard InChI is InChI=1S/C22H25N5O2/c1-26-10-12-27(13-11-26)18-7-8-19-20(15-18)24-21(23-19)14-17-4-2-16(3-5-17)6-9-22(28)25-29/h2-9,15,29H,10-14H2,1H3,(H,23,24)(H,25,28)/b9-6+. The lowest BCUT2D eigenvalue weighted by Crippen LogP contribution is -2.44. The van der Waals surface area contributed by atoms with E-state index in [1.807, 2.05) is 24.3 Å². The van der Waals surface area contributed by atoms with E-state index in [2.05, 4.69) is 40.0 Å².